The van der Waals surface area contributed by atoms with Gasteiger partial charge in [0, 0.05) is 51.2 Å². The van der Waals surface area contributed by atoms with Crippen LogP contribution in [0.3, 0.4) is 0 Å². The number of rotatable bonds is 9. The number of piperazine rings is 1. The van der Waals surface area contributed by atoms with Crippen LogP contribution < -0.4 is 4.74 Å². The van der Waals surface area contributed by atoms with Crippen molar-refractivity contribution in [2.45, 2.75) is 56.9 Å². The highest BCUT2D eigenvalue weighted by atomic mass is 32.2. The minimum absolute atomic E-state index is 0.0713. The van der Waals surface area contributed by atoms with E-state index in [1.54, 1.807) is 45.4 Å². The van der Waals surface area contributed by atoms with Gasteiger partial charge >= 0.3 is 12.1 Å². The van der Waals surface area contributed by atoms with Gasteiger partial charge in [-0.15, -0.1) is 0 Å². The molecule has 0 unspecified atom stereocenters. The van der Waals surface area contributed by atoms with Gasteiger partial charge in [0.2, 0.25) is 10.0 Å². The molecule has 1 aromatic carbocycles. The summed E-state index contributed by atoms with van der Waals surface area (Å²) < 4.78 is 71.8. The number of amides is 1. The van der Waals surface area contributed by atoms with Crippen LogP contribution in [-0.2, 0) is 27.9 Å². The lowest BCUT2D eigenvalue weighted by Gasteiger charge is -2.34. The molecule has 0 bridgehead atoms. The molecule has 1 amide bonds. The molecule has 3 aromatic rings. The number of carbonyl (C=O) groups is 2. The van der Waals surface area contributed by atoms with E-state index in [0.29, 0.717) is 46.2 Å². The lowest BCUT2D eigenvalue weighted by atomic mass is 10.1. The largest absolute Gasteiger partial charge is 0.497 e. The minimum atomic E-state index is -5.08. The lowest BCUT2D eigenvalue weighted by molar-refractivity contribution is -0.192. The number of methoxy groups -OCH3 is 1. The maximum atomic E-state index is 13.8. The summed E-state index contributed by atoms with van der Waals surface area (Å²) in [6, 6.07) is 9.08. The van der Waals surface area contributed by atoms with Crippen molar-refractivity contribution >= 4 is 21.9 Å². The van der Waals surface area contributed by atoms with Crippen molar-refractivity contribution in [1.82, 2.24) is 19.1 Å². The number of benzene rings is 1. The van der Waals surface area contributed by atoms with Gasteiger partial charge in [0.05, 0.1) is 24.1 Å². The maximum absolute atomic E-state index is 13.8. The van der Waals surface area contributed by atoms with Gasteiger partial charge in [0.1, 0.15) is 17.8 Å². The smallest absolute Gasteiger partial charge is 0.490 e. The molecule has 1 saturated heterocycles. The van der Waals surface area contributed by atoms with Gasteiger partial charge in [-0.3, -0.25) is 14.7 Å². The third-order valence-corrected chi connectivity index (χ3v) is 9.64. The number of aromatic nitrogens is 1. The van der Waals surface area contributed by atoms with E-state index in [2.05, 4.69) is 16.0 Å². The molecule has 2 aromatic heterocycles. The van der Waals surface area contributed by atoms with Gasteiger partial charge in [0.15, 0.2) is 0 Å². The Morgan fingerprint density at radius 3 is 2.24 bits per heavy atom. The molecule has 1 N–H and O–H groups in total. The summed E-state index contributed by atoms with van der Waals surface area (Å²) in [5, 5.41) is 7.12. The zero-order valence-electron chi connectivity index (χ0n) is 25.1. The SMILES string of the molecule is COc1cc(C)c(S(=O)(=O)N(Cc2cc(C(=O)N3CCN(Cc4cccnc4)CC3)co2)C2CC2)c(C)c1.O=C(O)C(F)(F)F. The summed E-state index contributed by atoms with van der Waals surface area (Å²) in [4.78, 5) is 30.7. The van der Waals surface area contributed by atoms with E-state index in [4.69, 9.17) is 19.1 Å². The van der Waals surface area contributed by atoms with Crippen LogP contribution in [-0.4, -0.2) is 90.0 Å². The third-order valence-electron chi connectivity index (χ3n) is 7.43. The molecule has 2 aliphatic rings. The van der Waals surface area contributed by atoms with Gasteiger partial charge in [-0.1, -0.05) is 6.07 Å². The Balaban J connectivity index is 0.000000591. The third kappa shape index (κ3) is 8.61. The average molecular weight is 653 g/mol. The molecule has 2 fully saturated rings. The first-order valence-electron chi connectivity index (χ1n) is 14.2. The van der Waals surface area contributed by atoms with E-state index >= 15 is 0 Å². The topological polar surface area (TPSA) is 133 Å². The van der Waals surface area contributed by atoms with Crippen molar-refractivity contribution in [3.63, 3.8) is 0 Å². The Labute approximate surface area is 259 Å². The van der Waals surface area contributed by atoms with Gasteiger partial charge < -0.3 is 19.2 Å². The number of ether oxygens (including phenoxy) is 1. The lowest BCUT2D eigenvalue weighted by Crippen LogP contribution is -2.48. The first kappa shape index (κ1) is 33.9. The van der Waals surface area contributed by atoms with Crippen molar-refractivity contribution in [2.75, 3.05) is 33.3 Å². The number of carboxylic acid groups (broad SMARTS) is 1. The number of alkyl halides is 3. The molecular formula is C30H35F3N4O7S. The van der Waals surface area contributed by atoms with E-state index in [-0.39, 0.29) is 18.5 Å². The number of carboxylic acids is 1. The molecule has 3 heterocycles. The van der Waals surface area contributed by atoms with Crippen molar-refractivity contribution < 1.29 is 45.4 Å². The van der Waals surface area contributed by atoms with Gasteiger partial charge in [-0.05, 0) is 67.6 Å². The van der Waals surface area contributed by atoms with E-state index in [9.17, 15) is 26.4 Å². The first-order valence-corrected chi connectivity index (χ1v) is 15.6. The van der Waals surface area contributed by atoms with Crippen molar-refractivity contribution in [3.05, 3.63) is 77.0 Å². The van der Waals surface area contributed by atoms with Crippen molar-refractivity contribution in [2.24, 2.45) is 0 Å². The molecule has 0 atom stereocenters. The fourth-order valence-corrected chi connectivity index (χ4v) is 7.16. The number of nitrogens with zero attached hydrogens (tertiary/aromatic N) is 4. The molecule has 1 saturated carbocycles. The summed E-state index contributed by atoms with van der Waals surface area (Å²) >= 11 is 0. The highest BCUT2D eigenvalue weighted by Crippen LogP contribution is 2.37. The molecule has 0 radical (unpaired) electrons. The quantitative estimate of drug-likeness (QED) is 0.360. The summed E-state index contributed by atoms with van der Waals surface area (Å²) in [5.41, 5.74) is 2.89. The van der Waals surface area contributed by atoms with E-state index in [1.807, 2.05) is 17.2 Å². The van der Waals surface area contributed by atoms with Crippen LogP contribution in [0, 0.1) is 13.8 Å². The first-order chi connectivity index (χ1) is 21.2. The zero-order valence-corrected chi connectivity index (χ0v) is 25.9. The second-order valence-corrected chi connectivity index (χ2v) is 12.7. The number of carbonyl (C=O) groups excluding carboxylic acids is 1. The molecular weight excluding hydrogens is 617 g/mol. The van der Waals surface area contributed by atoms with Crippen LogP contribution in [0.15, 0.2) is 58.3 Å². The predicted molar refractivity (Wildman–Crippen MR) is 156 cm³/mol. The van der Waals surface area contributed by atoms with Crippen LogP contribution >= 0.6 is 0 Å². The fourth-order valence-electron chi connectivity index (χ4n) is 5.10. The van der Waals surface area contributed by atoms with E-state index < -0.39 is 22.2 Å². The number of hydrogen-bond donors (Lipinski definition) is 1. The molecule has 0 spiro atoms. The van der Waals surface area contributed by atoms with Crippen LogP contribution in [0.2, 0.25) is 0 Å². The summed E-state index contributed by atoms with van der Waals surface area (Å²) in [7, 11) is -2.21. The fraction of sp³-hybridized carbons (Fsp3) is 0.433. The van der Waals surface area contributed by atoms with Gasteiger partial charge in [0.25, 0.3) is 5.91 Å². The van der Waals surface area contributed by atoms with Gasteiger partial charge in [-0.25, -0.2) is 13.2 Å². The molecule has 5 rings (SSSR count). The molecule has 45 heavy (non-hydrogen) atoms. The summed E-state index contributed by atoms with van der Waals surface area (Å²) in [6.07, 6.45) is 1.61. The highest BCUT2D eigenvalue weighted by Gasteiger charge is 2.40. The average Bonchev–Trinajstić information content (AvgIpc) is 3.72. The Morgan fingerprint density at radius 1 is 1.11 bits per heavy atom. The molecule has 1 aliphatic heterocycles. The maximum Gasteiger partial charge on any atom is 0.490 e. The van der Waals surface area contributed by atoms with Crippen LogP contribution in [0.5, 0.6) is 5.75 Å². The molecule has 244 valence electrons. The molecule has 1 aliphatic carbocycles. The highest BCUT2D eigenvalue weighted by molar-refractivity contribution is 7.89. The number of aryl methyl sites for hydroxylation is 2. The number of sulfonamides is 1. The number of halogens is 3. The normalized spacial score (nSPS) is 15.8. The standard InChI is InChI=1S/C28H34N4O5S.C2HF3O2/c1-20-13-25(36-3)14-21(2)27(20)38(34,35)32(24-6-7-24)18-26-15-23(19-37-26)28(33)31-11-9-30(10-12-31)17-22-5-4-8-29-16-22;3-2(4,5)1(6)7/h4-5,8,13-16,19,24H,6-7,9-12,17-18H2,1-3H3;(H,6,7). The second kappa shape index (κ2) is 14.0. The van der Waals surface area contributed by atoms with Crippen molar-refractivity contribution in [1.29, 1.82) is 0 Å². The molecule has 15 heteroatoms. The van der Waals surface area contributed by atoms with Gasteiger partial charge in [-0.2, -0.15) is 17.5 Å². The monoisotopic (exact) mass is 652 g/mol. The Hall–Kier alpha value is -3.95. The molecule has 11 nitrogen and oxygen atoms in total. The van der Waals surface area contributed by atoms with E-state index in [1.165, 1.54) is 10.6 Å². The number of aliphatic carboxylic acids is 1. The summed E-state index contributed by atoms with van der Waals surface area (Å²) in [6.45, 7) is 7.27. The number of hydrogen-bond acceptors (Lipinski definition) is 8. The van der Waals surface area contributed by atoms with Crippen molar-refractivity contribution in [3.8, 4) is 5.75 Å². The van der Waals surface area contributed by atoms with E-state index in [0.717, 1.165) is 38.0 Å². The summed E-state index contributed by atoms with van der Waals surface area (Å²) in [5.74, 6) is -1.76. The Bertz CT molecular complexity index is 1580. The second-order valence-electron chi connectivity index (χ2n) is 10.9. The number of pyridine rings is 1. The van der Waals surface area contributed by atoms with Crippen LogP contribution in [0.25, 0.3) is 0 Å². The van der Waals surface area contributed by atoms with Crippen LogP contribution in [0.1, 0.15) is 45.7 Å². The Morgan fingerprint density at radius 2 is 1.73 bits per heavy atom. The minimum Gasteiger partial charge on any atom is -0.497 e. The zero-order chi connectivity index (χ0) is 32.9. The van der Waals surface area contributed by atoms with Crippen LogP contribution in [0.4, 0.5) is 13.2 Å². The Kier molecular flexibility index (Phi) is 10.6. The number of furan rings is 1. The predicted octanol–water partition coefficient (Wildman–Crippen LogP) is 4.24.